The Labute approximate surface area is 229 Å². The van der Waals surface area contributed by atoms with Gasteiger partial charge in [0.2, 0.25) is 0 Å². The minimum Gasteiger partial charge on any atom is -0.491 e. The van der Waals surface area contributed by atoms with E-state index in [1.54, 1.807) is 60.7 Å². The van der Waals surface area contributed by atoms with Crippen molar-refractivity contribution in [3.05, 3.63) is 100 Å². The Morgan fingerprint density at radius 2 is 1.74 bits per heavy atom. The summed E-state index contributed by atoms with van der Waals surface area (Å²) in [4.78, 5) is 0. The van der Waals surface area contributed by atoms with Gasteiger partial charge in [-0.15, -0.1) is 0 Å². The fraction of sp³-hybridized carbons (Fsp3) is 0.172. The number of allylic oxidation sites excluding steroid dienone is 2. The number of oxime groups is 1. The van der Waals surface area contributed by atoms with Crippen LogP contribution in [0.2, 0.25) is 5.02 Å². The third-order valence-electron chi connectivity index (χ3n) is 5.86. The summed E-state index contributed by atoms with van der Waals surface area (Å²) in [6, 6.07) is 15.3. The van der Waals surface area contributed by atoms with Gasteiger partial charge in [0.05, 0.1) is 17.3 Å². The Balaban J connectivity index is 1.50. The summed E-state index contributed by atoms with van der Waals surface area (Å²) in [6.45, 7) is 0.235. The maximum Gasteiger partial charge on any atom is 0.142 e. The molecule has 39 heavy (non-hydrogen) atoms. The van der Waals surface area contributed by atoms with Crippen LogP contribution in [0.25, 0.3) is 11.1 Å². The van der Waals surface area contributed by atoms with Gasteiger partial charge in [-0.3, -0.25) is 5.41 Å². The summed E-state index contributed by atoms with van der Waals surface area (Å²) in [6.07, 6.45) is 4.74. The molecule has 0 heterocycles. The molecule has 0 saturated carbocycles. The number of hydrogen-bond acceptors (Lipinski definition) is 8. The van der Waals surface area contributed by atoms with Gasteiger partial charge in [0.25, 0.3) is 0 Å². The molecule has 0 unspecified atom stereocenters. The summed E-state index contributed by atoms with van der Waals surface area (Å²) in [5, 5.41) is 29.1. The maximum absolute atomic E-state index is 15.5. The van der Waals surface area contributed by atoms with Crippen molar-refractivity contribution in [3.8, 4) is 28.4 Å². The van der Waals surface area contributed by atoms with E-state index in [-0.39, 0.29) is 44.4 Å². The minimum atomic E-state index is -0.438. The number of halogens is 2. The van der Waals surface area contributed by atoms with Crippen LogP contribution in [0.3, 0.4) is 0 Å². The largest absolute Gasteiger partial charge is 0.491 e. The highest BCUT2D eigenvalue weighted by Gasteiger charge is 2.16. The van der Waals surface area contributed by atoms with Crippen LogP contribution in [0, 0.1) is 11.2 Å². The average molecular weight is 552 g/mol. The second kappa shape index (κ2) is 13.1. The predicted molar refractivity (Wildman–Crippen MR) is 148 cm³/mol. The smallest absolute Gasteiger partial charge is 0.142 e. The summed E-state index contributed by atoms with van der Waals surface area (Å²) in [7, 11) is 0. The molecule has 0 bridgehead atoms. The molecule has 202 valence electrons. The molecule has 0 aromatic heterocycles. The van der Waals surface area contributed by atoms with Crippen molar-refractivity contribution in [2.24, 2.45) is 10.9 Å². The molecule has 4 rings (SSSR count). The van der Waals surface area contributed by atoms with Crippen molar-refractivity contribution in [1.82, 2.24) is 0 Å². The van der Waals surface area contributed by atoms with Gasteiger partial charge in [-0.2, -0.15) is 0 Å². The van der Waals surface area contributed by atoms with Gasteiger partial charge in [0.1, 0.15) is 48.6 Å². The van der Waals surface area contributed by atoms with Crippen molar-refractivity contribution in [2.75, 3.05) is 19.8 Å². The van der Waals surface area contributed by atoms with Crippen LogP contribution in [0.4, 0.5) is 4.39 Å². The Morgan fingerprint density at radius 3 is 2.49 bits per heavy atom. The Bertz CT molecular complexity index is 1450. The molecule has 0 spiro atoms. The lowest BCUT2D eigenvalue weighted by molar-refractivity contribution is 0.201. The summed E-state index contributed by atoms with van der Waals surface area (Å²) in [5.74, 6) is 0.824. The molecule has 8 nitrogen and oxygen atoms in total. The minimum absolute atomic E-state index is 0.0615. The number of aliphatic hydroxyl groups excluding tert-OH is 1. The fourth-order valence-electron chi connectivity index (χ4n) is 3.89. The second-order valence-electron chi connectivity index (χ2n) is 8.50. The van der Waals surface area contributed by atoms with Crippen molar-refractivity contribution < 1.29 is 28.9 Å². The first-order valence-corrected chi connectivity index (χ1v) is 12.4. The summed E-state index contributed by atoms with van der Waals surface area (Å²) >= 11 is 6.42. The summed E-state index contributed by atoms with van der Waals surface area (Å²) < 4.78 is 32.7. The lowest BCUT2D eigenvalue weighted by Crippen LogP contribution is -2.14. The van der Waals surface area contributed by atoms with Gasteiger partial charge in [0.15, 0.2) is 0 Å². The molecule has 5 N–H and O–H groups in total. The molecule has 0 aliphatic heterocycles. The Kier molecular flexibility index (Phi) is 9.32. The van der Waals surface area contributed by atoms with Gasteiger partial charge in [0, 0.05) is 29.3 Å². The number of benzene rings is 3. The zero-order valence-electron chi connectivity index (χ0n) is 20.9. The van der Waals surface area contributed by atoms with Gasteiger partial charge < -0.3 is 30.3 Å². The molecule has 1 aliphatic rings. The maximum atomic E-state index is 15.5. The average Bonchev–Trinajstić information content (AvgIpc) is 2.95. The standard InChI is InChI=1S/C29H27ClFN3O5/c30-24-13-21(15-32)27(38-16-18-7-8-26(34-36)25(33)11-18)14-28(24)39-17-20-4-2-6-23(29(20)31)19-3-1-5-22(12-19)37-10-9-35/h1-8,11-14,33,35-36H,9-10,15-17,32H2/b33-25?,34-26-. The van der Waals surface area contributed by atoms with E-state index >= 15 is 4.39 Å². The molecular weight excluding hydrogens is 525 g/mol. The first kappa shape index (κ1) is 27.8. The SMILES string of the molecule is N=C1C=C(COc2cc(OCc3cccc(-c4cccc(OCCO)c4)c3F)c(Cl)cc2CN)C=C/C1=N/O. The molecule has 0 fully saturated rings. The highest BCUT2D eigenvalue weighted by Crippen LogP contribution is 2.34. The van der Waals surface area contributed by atoms with E-state index in [1.807, 2.05) is 0 Å². The van der Waals surface area contributed by atoms with Crippen LogP contribution < -0.4 is 19.9 Å². The molecule has 1 aliphatic carbocycles. The fourth-order valence-corrected chi connectivity index (χ4v) is 4.13. The molecule has 0 saturated heterocycles. The molecule has 3 aromatic carbocycles. The van der Waals surface area contributed by atoms with Crippen molar-refractivity contribution in [3.63, 3.8) is 0 Å². The summed E-state index contributed by atoms with van der Waals surface area (Å²) in [5.41, 5.74) is 8.77. The quantitative estimate of drug-likeness (QED) is 0.146. The van der Waals surface area contributed by atoms with Crippen molar-refractivity contribution in [2.45, 2.75) is 13.2 Å². The number of aliphatic hydroxyl groups is 1. The van der Waals surface area contributed by atoms with E-state index in [0.29, 0.717) is 50.1 Å². The van der Waals surface area contributed by atoms with Crippen molar-refractivity contribution in [1.29, 1.82) is 5.41 Å². The zero-order chi connectivity index (χ0) is 27.8. The number of hydrogen-bond donors (Lipinski definition) is 4. The van der Waals surface area contributed by atoms with E-state index in [2.05, 4.69) is 5.16 Å². The Morgan fingerprint density at radius 1 is 0.949 bits per heavy atom. The predicted octanol–water partition coefficient (Wildman–Crippen LogP) is 5.28. The number of nitrogens with zero attached hydrogens (tertiary/aromatic N) is 1. The van der Waals surface area contributed by atoms with Crippen LogP contribution >= 0.6 is 11.6 Å². The highest BCUT2D eigenvalue weighted by atomic mass is 35.5. The number of rotatable bonds is 11. The molecule has 0 amide bonds. The molecule has 10 heteroatoms. The first-order valence-electron chi connectivity index (χ1n) is 12.0. The normalized spacial score (nSPS) is 13.9. The Hall–Kier alpha value is -4.18. The lowest BCUT2D eigenvalue weighted by atomic mass is 10.0. The molecule has 3 aromatic rings. The van der Waals surface area contributed by atoms with Crippen LogP contribution in [0.5, 0.6) is 17.2 Å². The van der Waals surface area contributed by atoms with Crippen LogP contribution in [-0.4, -0.2) is 41.6 Å². The van der Waals surface area contributed by atoms with Crippen LogP contribution in [-0.2, 0) is 13.2 Å². The van der Waals surface area contributed by atoms with Gasteiger partial charge in [-0.05, 0) is 41.5 Å². The topological polar surface area (TPSA) is 130 Å². The van der Waals surface area contributed by atoms with Gasteiger partial charge in [-0.25, -0.2) is 4.39 Å². The second-order valence-corrected chi connectivity index (χ2v) is 8.91. The third-order valence-corrected chi connectivity index (χ3v) is 6.16. The molecule has 0 atom stereocenters. The van der Waals surface area contributed by atoms with Crippen molar-refractivity contribution >= 4 is 23.0 Å². The number of nitrogens with one attached hydrogen (secondary N) is 1. The zero-order valence-corrected chi connectivity index (χ0v) is 21.6. The lowest BCUT2D eigenvalue weighted by Gasteiger charge is -2.16. The van der Waals surface area contributed by atoms with E-state index < -0.39 is 5.82 Å². The molecule has 0 radical (unpaired) electrons. The van der Waals surface area contributed by atoms with Crippen LogP contribution in [0.15, 0.2) is 83.6 Å². The highest BCUT2D eigenvalue weighted by molar-refractivity contribution is 6.50. The third kappa shape index (κ3) is 6.83. The number of ether oxygens (including phenoxy) is 3. The van der Waals surface area contributed by atoms with E-state index in [4.69, 9.17) is 47.3 Å². The van der Waals surface area contributed by atoms with Gasteiger partial charge in [-0.1, -0.05) is 53.2 Å². The monoisotopic (exact) mass is 551 g/mol. The van der Waals surface area contributed by atoms with E-state index in [0.717, 1.165) is 0 Å². The van der Waals surface area contributed by atoms with E-state index in [1.165, 1.54) is 12.2 Å². The van der Waals surface area contributed by atoms with Gasteiger partial charge >= 0.3 is 0 Å². The number of nitrogens with two attached hydrogens (primary N) is 1. The van der Waals surface area contributed by atoms with Crippen LogP contribution in [0.1, 0.15) is 11.1 Å². The first-order chi connectivity index (χ1) is 18.9. The molecular formula is C29H27ClFN3O5. The van der Waals surface area contributed by atoms with E-state index in [9.17, 15) is 0 Å².